The molecule has 0 aliphatic carbocycles. The van der Waals surface area contributed by atoms with Crippen molar-refractivity contribution in [3.05, 3.63) is 28.7 Å². The molecule has 1 aliphatic heterocycles. The highest BCUT2D eigenvalue weighted by atomic mass is 79.9. The molecule has 1 heterocycles. The van der Waals surface area contributed by atoms with Crippen molar-refractivity contribution in [2.24, 2.45) is 5.92 Å². The predicted molar refractivity (Wildman–Crippen MR) is 95.2 cm³/mol. The van der Waals surface area contributed by atoms with E-state index in [1.165, 1.54) is 0 Å². The highest BCUT2D eigenvalue weighted by Gasteiger charge is 2.14. The van der Waals surface area contributed by atoms with E-state index in [2.05, 4.69) is 31.9 Å². The average Bonchev–Trinajstić information content (AvgIpc) is 2.56. The Morgan fingerprint density at radius 2 is 1.78 bits per heavy atom. The Balaban J connectivity index is 1.57. The Bertz CT molecular complexity index is 513. The van der Waals surface area contributed by atoms with E-state index < -0.39 is 0 Å². The number of nitrogens with one attached hydrogen (secondary N) is 3. The van der Waals surface area contributed by atoms with Crippen molar-refractivity contribution < 1.29 is 9.59 Å². The number of amides is 2. The van der Waals surface area contributed by atoms with Crippen LogP contribution in [0.4, 0.5) is 5.69 Å². The third-order valence-electron chi connectivity index (χ3n) is 4.04. The third kappa shape index (κ3) is 7.14. The van der Waals surface area contributed by atoms with Gasteiger partial charge in [-0.15, -0.1) is 0 Å². The molecule has 126 valence electrons. The van der Waals surface area contributed by atoms with Gasteiger partial charge in [0.1, 0.15) is 0 Å². The van der Waals surface area contributed by atoms with Gasteiger partial charge < -0.3 is 16.0 Å². The Hall–Kier alpha value is -1.40. The van der Waals surface area contributed by atoms with Crippen molar-refractivity contribution in [1.29, 1.82) is 0 Å². The average molecular weight is 382 g/mol. The van der Waals surface area contributed by atoms with Gasteiger partial charge in [-0.2, -0.15) is 0 Å². The van der Waals surface area contributed by atoms with E-state index >= 15 is 0 Å². The van der Waals surface area contributed by atoms with Crippen LogP contribution in [0.15, 0.2) is 28.7 Å². The number of halogens is 1. The van der Waals surface area contributed by atoms with Crippen LogP contribution in [0.5, 0.6) is 0 Å². The number of rotatable bonds is 7. The van der Waals surface area contributed by atoms with Gasteiger partial charge in [-0.05, 0) is 62.5 Å². The van der Waals surface area contributed by atoms with Gasteiger partial charge in [0, 0.05) is 29.5 Å². The first-order chi connectivity index (χ1) is 11.1. The first-order valence-corrected chi connectivity index (χ1v) is 8.95. The molecule has 0 spiro atoms. The summed E-state index contributed by atoms with van der Waals surface area (Å²) in [5.41, 5.74) is 0.760. The van der Waals surface area contributed by atoms with Crippen molar-refractivity contribution >= 4 is 33.4 Å². The molecule has 0 atom stereocenters. The van der Waals surface area contributed by atoms with Gasteiger partial charge in [-0.3, -0.25) is 9.59 Å². The zero-order chi connectivity index (χ0) is 16.5. The first-order valence-electron chi connectivity index (χ1n) is 8.16. The molecule has 23 heavy (non-hydrogen) atoms. The van der Waals surface area contributed by atoms with E-state index in [1.54, 1.807) is 0 Å². The molecule has 1 aromatic carbocycles. The van der Waals surface area contributed by atoms with E-state index in [-0.39, 0.29) is 18.2 Å². The molecule has 1 fully saturated rings. The van der Waals surface area contributed by atoms with Crippen molar-refractivity contribution in [1.82, 2.24) is 10.6 Å². The third-order valence-corrected chi connectivity index (χ3v) is 4.57. The molecule has 3 N–H and O–H groups in total. The van der Waals surface area contributed by atoms with E-state index in [1.807, 2.05) is 24.3 Å². The SMILES string of the molecule is O=C(CCC1CCNCC1)NCCC(=O)Nc1ccc(Br)cc1. The Morgan fingerprint density at radius 3 is 2.48 bits per heavy atom. The second-order valence-electron chi connectivity index (χ2n) is 5.89. The van der Waals surface area contributed by atoms with Gasteiger partial charge in [-0.25, -0.2) is 0 Å². The fraction of sp³-hybridized carbons (Fsp3) is 0.529. The van der Waals surface area contributed by atoms with Gasteiger partial charge >= 0.3 is 0 Å². The van der Waals surface area contributed by atoms with Crippen LogP contribution >= 0.6 is 15.9 Å². The zero-order valence-corrected chi connectivity index (χ0v) is 14.8. The molecule has 0 saturated carbocycles. The number of carbonyl (C=O) groups excluding carboxylic acids is 2. The second-order valence-corrected chi connectivity index (χ2v) is 6.80. The fourth-order valence-corrected chi connectivity index (χ4v) is 2.93. The number of anilines is 1. The topological polar surface area (TPSA) is 70.2 Å². The van der Waals surface area contributed by atoms with Crippen LogP contribution in [0.25, 0.3) is 0 Å². The second kappa shape index (κ2) is 9.67. The monoisotopic (exact) mass is 381 g/mol. The van der Waals surface area contributed by atoms with Crippen LogP contribution in [-0.2, 0) is 9.59 Å². The predicted octanol–water partition coefficient (Wildman–Crippen LogP) is 2.67. The highest BCUT2D eigenvalue weighted by Crippen LogP contribution is 2.17. The van der Waals surface area contributed by atoms with Gasteiger partial charge in [-0.1, -0.05) is 15.9 Å². The standard InChI is InChI=1S/C17H24BrN3O2/c18-14-2-4-15(5-3-14)21-17(23)9-12-20-16(22)6-1-13-7-10-19-11-8-13/h2-5,13,19H,1,6-12H2,(H,20,22)(H,21,23). The smallest absolute Gasteiger partial charge is 0.226 e. The molecule has 0 radical (unpaired) electrons. The van der Waals surface area contributed by atoms with E-state index in [0.717, 1.165) is 42.5 Å². The lowest BCUT2D eigenvalue weighted by atomic mass is 9.93. The van der Waals surface area contributed by atoms with Crippen LogP contribution in [-0.4, -0.2) is 31.4 Å². The quantitative estimate of drug-likeness (QED) is 0.679. The summed E-state index contributed by atoms with van der Waals surface area (Å²) in [6.07, 6.45) is 4.10. The number of hydrogen-bond donors (Lipinski definition) is 3. The van der Waals surface area contributed by atoms with Crippen LogP contribution in [0.2, 0.25) is 0 Å². The van der Waals surface area contributed by atoms with E-state index in [9.17, 15) is 9.59 Å². The molecular weight excluding hydrogens is 358 g/mol. The fourth-order valence-electron chi connectivity index (χ4n) is 2.67. The molecule has 2 rings (SSSR count). The molecule has 1 saturated heterocycles. The molecule has 0 bridgehead atoms. The van der Waals surface area contributed by atoms with E-state index in [0.29, 0.717) is 18.9 Å². The number of benzene rings is 1. The van der Waals surface area contributed by atoms with Crippen molar-refractivity contribution in [3.8, 4) is 0 Å². The molecule has 6 heteroatoms. The minimum absolute atomic E-state index is 0.0416. The Kier molecular flexibility index (Phi) is 7.55. The van der Waals surface area contributed by atoms with Crippen molar-refractivity contribution in [3.63, 3.8) is 0 Å². The maximum atomic E-state index is 11.8. The van der Waals surface area contributed by atoms with E-state index in [4.69, 9.17) is 0 Å². The lowest BCUT2D eigenvalue weighted by molar-refractivity contribution is -0.121. The van der Waals surface area contributed by atoms with Gasteiger partial charge in [0.05, 0.1) is 0 Å². The van der Waals surface area contributed by atoms with Crippen LogP contribution in [0.1, 0.15) is 32.1 Å². The van der Waals surface area contributed by atoms with Crippen molar-refractivity contribution in [2.45, 2.75) is 32.1 Å². The first kappa shape index (κ1) is 17.9. The minimum Gasteiger partial charge on any atom is -0.356 e. The van der Waals surface area contributed by atoms with Crippen LogP contribution < -0.4 is 16.0 Å². The molecule has 2 amide bonds. The summed E-state index contributed by atoms with van der Waals surface area (Å²) < 4.78 is 0.969. The molecule has 0 aromatic heterocycles. The van der Waals surface area contributed by atoms with Gasteiger partial charge in [0.15, 0.2) is 0 Å². The summed E-state index contributed by atoms with van der Waals surface area (Å²) in [5.74, 6) is 0.605. The highest BCUT2D eigenvalue weighted by molar-refractivity contribution is 9.10. The summed E-state index contributed by atoms with van der Waals surface area (Å²) >= 11 is 3.35. The number of carbonyl (C=O) groups is 2. The lowest BCUT2D eigenvalue weighted by Gasteiger charge is -2.22. The summed E-state index contributed by atoms with van der Waals surface area (Å²) in [4.78, 5) is 23.6. The van der Waals surface area contributed by atoms with Gasteiger partial charge in [0.2, 0.25) is 11.8 Å². The Labute approximate surface area is 145 Å². The molecule has 5 nitrogen and oxygen atoms in total. The largest absolute Gasteiger partial charge is 0.356 e. The normalized spacial score (nSPS) is 15.2. The van der Waals surface area contributed by atoms with Crippen LogP contribution in [0, 0.1) is 5.92 Å². The zero-order valence-electron chi connectivity index (χ0n) is 13.2. The molecule has 0 unspecified atom stereocenters. The van der Waals surface area contributed by atoms with Crippen molar-refractivity contribution in [2.75, 3.05) is 25.0 Å². The lowest BCUT2D eigenvalue weighted by Crippen LogP contribution is -2.30. The number of hydrogen-bond acceptors (Lipinski definition) is 3. The molecular formula is C17H24BrN3O2. The van der Waals surface area contributed by atoms with Gasteiger partial charge in [0.25, 0.3) is 0 Å². The summed E-state index contributed by atoms with van der Waals surface area (Å²) in [7, 11) is 0. The summed E-state index contributed by atoms with van der Waals surface area (Å²) in [6.45, 7) is 2.50. The summed E-state index contributed by atoms with van der Waals surface area (Å²) in [5, 5.41) is 8.96. The summed E-state index contributed by atoms with van der Waals surface area (Å²) in [6, 6.07) is 7.41. The minimum atomic E-state index is -0.0917. The molecule has 1 aromatic rings. The maximum Gasteiger partial charge on any atom is 0.226 e. The maximum absolute atomic E-state index is 11.8. The molecule has 1 aliphatic rings. The Morgan fingerprint density at radius 1 is 1.09 bits per heavy atom. The number of piperidine rings is 1. The van der Waals surface area contributed by atoms with Crippen LogP contribution in [0.3, 0.4) is 0 Å².